The molecule has 1 atom stereocenters. The minimum absolute atomic E-state index is 0.103. The summed E-state index contributed by atoms with van der Waals surface area (Å²) in [6.45, 7) is 1.34. The molecule has 0 amide bonds. The fraction of sp³-hybridized carbons (Fsp3) is 0.429. The number of allylic oxidation sites excluding steroid dienone is 2. The van der Waals surface area contributed by atoms with Gasteiger partial charge < -0.3 is 0 Å². The Kier molecular flexibility index (Phi) is 3.06. The van der Waals surface area contributed by atoms with Crippen LogP contribution in [-0.4, -0.2) is 31.2 Å². The summed E-state index contributed by atoms with van der Waals surface area (Å²) in [5, 5.41) is -1.15. The molecule has 15 heavy (non-hydrogen) atoms. The standard InChI is InChI=1S/C7H10O6S2/c1-5-4-6(14(8,9)10)2-3-7(5)15(11,12)13/h3-4,6H,2H2,1H3,(H,8,9,10)(H,11,12,13). The summed E-state index contributed by atoms with van der Waals surface area (Å²) < 4.78 is 60.6. The Labute approximate surface area is 87.8 Å². The van der Waals surface area contributed by atoms with Crippen LogP contribution in [0.2, 0.25) is 0 Å². The summed E-state index contributed by atoms with van der Waals surface area (Å²) in [5.41, 5.74) is 0.103. The van der Waals surface area contributed by atoms with E-state index in [1.807, 2.05) is 0 Å². The smallest absolute Gasteiger partial charge is 0.285 e. The molecule has 8 heteroatoms. The van der Waals surface area contributed by atoms with Gasteiger partial charge in [-0.1, -0.05) is 12.2 Å². The van der Waals surface area contributed by atoms with Crippen molar-refractivity contribution in [2.45, 2.75) is 18.6 Å². The lowest BCUT2D eigenvalue weighted by Gasteiger charge is -2.15. The van der Waals surface area contributed by atoms with Gasteiger partial charge in [-0.05, 0) is 18.9 Å². The highest BCUT2D eigenvalue weighted by Crippen LogP contribution is 2.25. The van der Waals surface area contributed by atoms with E-state index in [-0.39, 0.29) is 16.9 Å². The van der Waals surface area contributed by atoms with E-state index in [2.05, 4.69) is 0 Å². The monoisotopic (exact) mass is 254 g/mol. The van der Waals surface area contributed by atoms with Crippen molar-refractivity contribution in [1.29, 1.82) is 0 Å². The minimum atomic E-state index is -4.33. The average Bonchev–Trinajstić information content (AvgIpc) is 1.99. The van der Waals surface area contributed by atoms with Crippen molar-refractivity contribution in [2.24, 2.45) is 0 Å². The zero-order chi connectivity index (χ0) is 11.9. The summed E-state index contributed by atoms with van der Waals surface area (Å²) in [4.78, 5) is -0.317. The van der Waals surface area contributed by atoms with Crippen LogP contribution in [0.15, 0.2) is 22.6 Å². The molecule has 1 aliphatic carbocycles. The Morgan fingerprint density at radius 1 is 1.27 bits per heavy atom. The van der Waals surface area contributed by atoms with E-state index in [9.17, 15) is 16.8 Å². The van der Waals surface area contributed by atoms with E-state index >= 15 is 0 Å². The predicted molar refractivity (Wildman–Crippen MR) is 53.3 cm³/mol. The molecule has 0 fully saturated rings. The molecule has 1 aliphatic rings. The third-order valence-corrected chi connectivity index (χ3v) is 4.16. The summed E-state index contributed by atoms with van der Waals surface area (Å²) in [5.74, 6) is 0. The Bertz CT molecular complexity index is 522. The lowest BCUT2D eigenvalue weighted by Crippen LogP contribution is -2.21. The molecule has 0 heterocycles. The van der Waals surface area contributed by atoms with Gasteiger partial charge in [0.15, 0.2) is 0 Å². The van der Waals surface area contributed by atoms with Crippen LogP contribution in [-0.2, 0) is 20.2 Å². The highest BCUT2D eigenvalue weighted by Gasteiger charge is 2.27. The Balaban J connectivity index is 3.12. The molecule has 0 saturated heterocycles. The Hall–Kier alpha value is -0.700. The molecule has 0 bridgehead atoms. The molecule has 1 rings (SSSR count). The molecule has 0 radical (unpaired) electrons. The molecule has 0 aromatic carbocycles. The van der Waals surface area contributed by atoms with E-state index in [0.29, 0.717) is 0 Å². The normalized spacial score (nSPS) is 23.3. The van der Waals surface area contributed by atoms with Gasteiger partial charge in [0.1, 0.15) is 5.25 Å². The van der Waals surface area contributed by atoms with Crippen LogP contribution < -0.4 is 0 Å². The SMILES string of the molecule is CC1=CC(S(=O)(=O)O)CC=C1S(=O)(=O)O. The van der Waals surface area contributed by atoms with Gasteiger partial charge in [0.2, 0.25) is 0 Å². The van der Waals surface area contributed by atoms with Crippen LogP contribution in [0.4, 0.5) is 0 Å². The largest absolute Gasteiger partial charge is 0.294 e. The zero-order valence-electron chi connectivity index (χ0n) is 7.78. The van der Waals surface area contributed by atoms with E-state index in [0.717, 1.165) is 12.2 Å². The maximum absolute atomic E-state index is 10.8. The van der Waals surface area contributed by atoms with Crippen LogP contribution in [0.25, 0.3) is 0 Å². The second kappa shape index (κ2) is 3.71. The lowest BCUT2D eigenvalue weighted by molar-refractivity contribution is 0.472. The highest BCUT2D eigenvalue weighted by atomic mass is 32.2. The maximum Gasteiger partial charge on any atom is 0.294 e. The van der Waals surface area contributed by atoms with Gasteiger partial charge >= 0.3 is 0 Å². The molecule has 0 aromatic rings. The summed E-state index contributed by atoms with van der Waals surface area (Å²) in [6.07, 6.45) is 1.99. The first kappa shape index (κ1) is 12.4. The van der Waals surface area contributed by atoms with Gasteiger partial charge in [0, 0.05) is 0 Å². The van der Waals surface area contributed by atoms with Crippen LogP contribution in [0.1, 0.15) is 13.3 Å². The van der Waals surface area contributed by atoms with E-state index in [1.54, 1.807) is 0 Å². The van der Waals surface area contributed by atoms with Crippen molar-refractivity contribution in [3.05, 3.63) is 22.6 Å². The minimum Gasteiger partial charge on any atom is -0.285 e. The van der Waals surface area contributed by atoms with Gasteiger partial charge in [-0.15, -0.1) is 0 Å². The molecule has 1 unspecified atom stereocenters. The number of hydrogen-bond acceptors (Lipinski definition) is 4. The summed E-state index contributed by atoms with van der Waals surface area (Å²) in [6, 6.07) is 0. The fourth-order valence-electron chi connectivity index (χ4n) is 1.33. The first-order chi connectivity index (χ1) is 6.62. The third kappa shape index (κ3) is 2.88. The summed E-state index contributed by atoms with van der Waals surface area (Å²) in [7, 11) is -8.55. The third-order valence-electron chi connectivity index (χ3n) is 2.02. The maximum atomic E-state index is 10.8. The molecular weight excluding hydrogens is 244 g/mol. The first-order valence-corrected chi connectivity index (χ1v) is 6.89. The highest BCUT2D eigenvalue weighted by molar-refractivity contribution is 7.90. The molecule has 0 spiro atoms. The van der Waals surface area contributed by atoms with Crippen molar-refractivity contribution in [2.75, 3.05) is 0 Å². The quantitative estimate of drug-likeness (QED) is 0.689. The molecule has 6 nitrogen and oxygen atoms in total. The fourth-order valence-corrected chi connectivity index (χ4v) is 2.83. The van der Waals surface area contributed by atoms with Crippen molar-refractivity contribution in [3.8, 4) is 0 Å². The van der Waals surface area contributed by atoms with Crippen molar-refractivity contribution in [3.63, 3.8) is 0 Å². The second-order valence-electron chi connectivity index (χ2n) is 3.18. The van der Waals surface area contributed by atoms with Gasteiger partial charge in [0.05, 0.1) is 4.91 Å². The van der Waals surface area contributed by atoms with Gasteiger partial charge in [-0.2, -0.15) is 16.8 Å². The average molecular weight is 254 g/mol. The first-order valence-electron chi connectivity index (χ1n) is 3.95. The molecule has 2 N–H and O–H groups in total. The number of hydrogen-bond donors (Lipinski definition) is 2. The van der Waals surface area contributed by atoms with Gasteiger partial charge in [0.25, 0.3) is 20.2 Å². The molecule has 86 valence electrons. The topological polar surface area (TPSA) is 109 Å². The van der Waals surface area contributed by atoms with Gasteiger partial charge in [-0.3, -0.25) is 9.11 Å². The lowest BCUT2D eigenvalue weighted by atomic mass is 10.1. The van der Waals surface area contributed by atoms with Gasteiger partial charge in [-0.25, -0.2) is 0 Å². The van der Waals surface area contributed by atoms with Crippen LogP contribution in [0, 0.1) is 0 Å². The predicted octanol–water partition coefficient (Wildman–Crippen LogP) is 0.365. The van der Waals surface area contributed by atoms with Crippen molar-refractivity contribution in [1.82, 2.24) is 0 Å². The van der Waals surface area contributed by atoms with Crippen molar-refractivity contribution >= 4 is 20.2 Å². The van der Waals surface area contributed by atoms with Crippen LogP contribution in [0.5, 0.6) is 0 Å². The summed E-state index contributed by atoms with van der Waals surface area (Å²) >= 11 is 0. The van der Waals surface area contributed by atoms with Crippen LogP contribution in [0.3, 0.4) is 0 Å². The molecular formula is C7H10O6S2. The molecule has 0 aromatic heterocycles. The number of rotatable bonds is 2. The Morgan fingerprint density at radius 2 is 1.80 bits per heavy atom. The van der Waals surface area contributed by atoms with Crippen LogP contribution >= 0.6 is 0 Å². The molecule has 0 saturated carbocycles. The van der Waals surface area contributed by atoms with E-state index in [4.69, 9.17) is 9.11 Å². The Morgan fingerprint density at radius 3 is 2.13 bits per heavy atom. The van der Waals surface area contributed by atoms with Crippen molar-refractivity contribution < 1.29 is 25.9 Å². The molecule has 0 aliphatic heterocycles. The van der Waals surface area contributed by atoms with E-state index in [1.165, 1.54) is 6.92 Å². The second-order valence-corrected chi connectivity index (χ2v) is 6.21. The van der Waals surface area contributed by atoms with E-state index < -0.39 is 25.5 Å². The zero-order valence-corrected chi connectivity index (χ0v) is 9.42.